The lowest BCUT2D eigenvalue weighted by molar-refractivity contribution is -0.00445. The van der Waals surface area contributed by atoms with Crippen LogP contribution in [0.25, 0.3) is 0 Å². The molecular weight excluding hydrogens is 222 g/mol. The first-order valence-corrected chi connectivity index (χ1v) is 8.21. The van der Waals surface area contributed by atoms with Gasteiger partial charge in [-0.3, -0.25) is 4.90 Å². The molecule has 0 bridgehead atoms. The van der Waals surface area contributed by atoms with Crippen molar-refractivity contribution < 1.29 is 5.11 Å². The van der Waals surface area contributed by atoms with E-state index in [2.05, 4.69) is 11.8 Å². The van der Waals surface area contributed by atoms with Crippen LogP contribution in [0.15, 0.2) is 0 Å². The Hall–Kier alpha value is -0.0800. The van der Waals surface area contributed by atoms with E-state index in [-0.39, 0.29) is 6.10 Å². The predicted molar refractivity (Wildman–Crippen MR) is 74.5 cm³/mol. The number of hydrogen-bond acceptors (Lipinski definition) is 2. The van der Waals surface area contributed by atoms with Crippen LogP contribution in [0.4, 0.5) is 0 Å². The molecule has 1 N–H and O–H groups in total. The van der Waals surface area contributed by atoms with Gasteiger partial charge in [0.15, 0.2) is 0 Å². The summed E-state index contributed by atoms with van der Waals surface area (Å²) in [4.78, 5) is 2.71. The second-order valence-electron chi connectivity index (χ2n) is 6.97. The molecule has 0 spiro atoms. The molecule has 18 heavy (non-hydrogen) atoms. The summed E-state index contributed by atoms with van der Waals surface area (Å²) in [7, 11) is 0. The summed E-state index contributed by atoms with van der Waals surface area (Å²) in [5.74, 6) is 1.84. The van der Waals surface area contributed by atoms with Crippen LogP contribution >= 0.6 is 0 Å². The fourth-order valence-corrected chi connectivity index (χ4v) is 3.80. The van der Waals surface area contributed by atoms with Gasteiger partial charge in [-0.1, -0.05) is 19.8 Å². The van der Waals surface area contributed by atoms with Crippen LogP contribution in [0.2, 0.25) is 0 Å². The van der Waals surface area contributed by atoms with Gasteiger partial charge in [0, 0.05) is 18.6 Å². The molecule has 2 heteroatoms. The zero-order valence-electron chi connectivity index (χ0n) is 11.9. The maximum absolute atomic E-state index is 10.4. The summed E-state index contributed by atoms with van der Waals surface area (Å²) in [5, 5.41) is 10.4. The van der Waals surface area contributed by atoms with E-state index in [9.17, 15) is 5.11 Å². The van der Waals surface area contributed by atoms with Crippen LogP contribution in [0.5, 0.6) is 0 Å². The number of nitrogens with zero attached hydrogens (tertiary/aromatic N) is 1. The first kappa shape index (κ1) is 12.9. The zero-order chi connectivity index (χ0) is 12.5. The standard InChI is InChI=1S/C16H29NO/c1-2-3-12-6-9-16(18)15(10-12)17(14-7-8-14)11-13-4-5-13/h12-16,18H,2-11H2,1H3. The molecular formula is C16H29NO. The Kier molecular flexibility index (Phi) is 3.95. The highest BCUT2D eigenvalue weighted by atomic mass is 16.3. The molecule has 3 unspecified atom stereocenters. The lowest BCUT2D eigenvalue weighted by atomic mass is 9.80. The molecule has 0 heterocycles. The largest absolute Gasteiger partial charge is 0.391 e. The third-order valence-corrected chi connectivity index (χ3v) is 5.19. The highest BCUT2D eigenvalue weighted by molar-refractivity contribution is 4.96. The Morgan fingerprint density at radius 3 is 2.33 bits per heavy atom. The number of hydrogen-bond donors (Lipinski definition) is 1. The fraction of sp³-hybridized carbons (Fsp3) is 1.00. The van der Waals surface area contributed by atoms with Gasteiger partial charge in [0.1, 0.15) is 0 Å². The normalized spacial score (nSPS) is 37.2. The van der Waals surface area contributed by atoms with Crippen LogP contribution in [0.1, 0.15) is 64.7 Å². The Morgan fingerprint density at radius 1 is 1.00 bits per heavy atom. The van der Waals surface area contributed by atoms with E-state index in [0.717, 1.165) is 24.3 Å². The lowest BCUT2D eigenvalue weighted by Gasteiger charge is -2.41. The van der Waals surface area contributed by atoms with Crippen molar-refractivity contribution in [2.45, 2.75) is 82.9 Å². The number of aliphatic hydroxyl groups is 1. The molecule has 2 nitrogen and oxygen atoms in total. The van der Waals surface area contributed by atoms with Crippen molar-refractivity contribution in [1.82, 2.24) is 4.90 Å². The van der Waals surface area contributed by atoms with Crippen LogP contribution in [0.3, 0.4) is 0 Å². The smallest absolute Gasteiger partial charge is 0.0695 e. The van der Waals surface area contributed by atoms with Crippen LogP contribution in [-0.4, -0.2) is 34.7 Å². The minimum Gasteiger partial charge on any atom is -0.391 e. The third-order valence-electron chi connectivity index (χ3n) is 5.19. The molecule has 3 rings (SSSR count). The highest BCUT2D eigenvalue weighted by Gasteiger charge is 2.41. The van der Waals surface area contributed by atoms with Crippen molar-refractivity contribution >= 4 is 0 Å². The van der Waals surface area contributed by atoms with E-state index >= 15 is 0 Å². The Bertz CT molecular complexity index is 272. The van der Waals surface area contributed by atoms with Gasteiger partial charge in [0.05, 0.1) is 6.10 Å². The van der Waals surface area contributed by atoms with Crippen molar-refractivity contribution in [2.75, 3.05) is 6.54 Å². The van der Waals surface area contributed by atoms with Crippen molar-refractivity contribution in [2.24, 2.45) is 11.8 Å². The lowest BCUT2D eigenvalue weighted by Crippen LogP contribution is -2.49. The molecule has 0 saturated heterocycles. The molecule has 3 aliphatic rings. The van der Waals surface area contributed by atoms with E-state index in [1.807, 2.05) is 0 Å². The van der Waals surface area contributed by atoms with E-state index < -0.39 is 0 Å². The number of aliphatic hydroxyl groups excluding tert-OH is 1. The maximum Gasteiger partial charge on any atom is 0.0695 e. The average molecular weight is 251 g/mol. The maximum atomic E-state index is 10.4. The molecule has 3 atom stereocenters. The van der Waals surface area contributed by atoms with Gasteiger partial charge in [-0.15, -0.1) is 0 Å². The SMILES string of the molecule is CCCC1CCC(O)C(N(CC2CC2)C2CC2)C1. The Labute approximate surface area is 112 Å². The molecule has 0 aliphatic heterocycles. The van der Waals surface area contributed by atoms with Gasteiger partial charge in [0.2, 0.25) is 0 Å². The van der Waals surface area contributed by atoms with Crippen molar-refractivity contribution in [3.8, 4) is 0 Å². The second-order valence-corrected chi connectivity index (χ2v) is 6.97. The van der Waals surface area contributed by atoms with Gasteiger partial charge in [0.25, 0.3) is 0 Å². The van der Waals surface area contributed by atoms with Gasteiger partial charge >= 0.3 is 0 Å². The van der Waals surface area contributed by atoms with Gasteiger partial charge in [-0.25, -0.2) is 0 Å². The molecule has 104 valence electrons. The molecule has 3 fully saturated rings. The summed E-state index contributed by atoms with van der Waals surface area (Å²) in [5.41, 5.74) is 0. The zero-order valence-corrected chi connectivity index (χ0v) is 11.9. The van der Waals surface area contributed by atoms with Crippen molar-refractivity contribution in [3.63, 3.8) is 0 Å². The van der Waals surface area contributed by atoms with E-state index in [0.29, 0.717) is 6.04 Å². The minimum atomic E-state index is -0.0440. The highest BCUT2D eigenvalue weighted by Crippen LogP contribution is 2.40. The Balaban J connectivity index is 1.61. The van der Waals surface area contributed by atoms with E-state index in [1.54, 1.807) is 0 Å². The molecule has 3 aliphatic carbocycles. The van der Waals surface area contributed by atoms with E-state index in [4.69, 9.17) is 0 Å². The van der Waals surface area contributed by atoms with Crippen LogP contribution < -0.4 is 0 Å². The monoisotopic (exact) mass is 251 g/mol. The number of rotatable bonds is 6. The third kappa shape index (κ3) is 3.08. The van der Waals surface area contributed by atoms with Gasteiger partial charge in [-0.05, 0) is 56.8 Å². The molecule has 0 amide bonds. The second kappa shape index (κ2) is 5.50. The quantitative estimate of drug-likeness (QED) is 0.783. The first-order chi connectivity index (χ1) is 8.78. The molecule has 0 aromatic rings. The summed E-state index contributed by atoms with van der Waals surface area (Å²) in [6.45, 7) is 3.58. The van der Waals surface area contributed by atoms with Gasteiger partial charge < -0.3 is 5.11 Å². The minimum absolute atomic E-state index is 0.0440. The summed E-state index contributed by atoms with van der Waals surface area (Å²) in [6.07, 6.45) is 11.8. The summed E-state index contributed by atoms with van der Waals surface area (Å²) >= 11 is 0. The van der Waals surface area contributed by atoms with Gasteiger partial charge in [-0.2, -0.15) is 0 Å². The average Bonchev–Trinajstić information content (AvgIpc) is 3.23. The molecule has 3 saturated carbocycles. The molecule has 0 aromatic heterocycles. The molecule has 0 radical (unpaired) electrons. The predicted octanol–water partition coefficient (Wildman–Crippen LogP) is 3.19. The topological polar surface area (TPSA) is 23.5 Å². The fourth-order valence-electron chi connectivity index (χ4n) is 3.80. The van der Waals surface area contributed by atoms with Crippen LogP contribution in [0, 0.1) is 11.8 Å². The Morgan fingerprint density at radius 2 is 1.72 bits per heavy atom. The van der Waals surface area contributed by atoms with Crippen molar-refractivity contribution in [1.29, 1.82) is 0 Å². The summed E-state index contributed by atoms with van der Waals surface area (Å²) in [6, 6.07) is 1.31. The van der Waals surface area contributed by atoms with E-state index in [1.165, 1.54) is 57.9 Å². The summed E-state index contributed by atoms with van der Waals surface area (Å²) < 4.78 is 0. The first-order valence-electron chi connectivity index (χ1n) is 8.21. The van der Waals surface area contributed by atoms with Crippen LogP contribution in [-0.2, 0) is 0 Å². The molecule has 0 aromatic carbocycles. The van der Waals surface area contributed by atoms with Crippen molar-refractivity contribution in [3.05, 3.63) is 0 Å².